The first-order chi connectivity index (χ1) is 20.0. The maximum absolute atomic E-state index is 6.47. The Balaban J connectivity index is 1.21. The summed E-state index contributed by atoms with van der Waals surface area (Å²) < 4.78 is 12.9. The number of hydrogen-bond acceptors (Lipinski definition) is 6. The SMILES string of the molecule is CC1(C)c2ccccc2-c2cc3c(cc21)Oc1ccc(-c2nc(-c4ccccc4)nc(-c4ccccn4)n2)cc1O3. The molecule has 0 radical (unpaired) electrons. The normalized spacial score (nSPS) is 13.7. The van der Waals surface area contributed by atoms with Gasteiger partial charge in [-0.2, -0.15) is 0 Å². The van der Waals surface area contributed by atoms with Gasteiger partial charge in [0, 0.05) is 22.7 Å². The highest BCUT2D eigenvalue weighted by atomic mass is 16.6. The van der Waals surface area contributed by atoms with Gasteiger partial charge in [-0.3, -0.25) is 4.98 Å². The first-order valence-electron chi connectivity index (χ1n) is 13.6. The molecule has 0 amide bonds. The number of fused-ring (bicyclic) bond motifs is 5. The molecule has 2 aromatic heterocycles. The lowest BCUT2D eigenvalue weighted by Crippen LogP contribution is -2.15. The van der Waals surface area contributed by atoms with E-state index in [0.717, 1.165) is 11.1 Å². The molecule has 1 aliphatic heterocycles. The average molecular weight is 533 g/mol. The van der Waals surface area contributed by atoms with Gasteiger partial charge in [0.15, 0.2) is 40.5 Å². The highest BCUT2D eigenvalue weighted by Crippen LogP contribution is 2.55. The highest BCUT2D eigenvalue weighted by molar-refractivity contribution is 5.83. The predicted molar refractivity (Wildman–Crippen MR) is 158 cm³/mol. The minimum Gasteiger partial charge on any atom is -0.450 e. The summed E-state index contributed by atoms with van der Waals surface area (Å²) in [6.07, 6.45) is 1.73. The van der Waals surface area contributed by atoms with Gasteiger partial charge in [-0.15, -0.1) is 0 Å². The van der Waals surface area contributed by atoms with Crippen LogP contribution in [-0.2, 0) is 5.41 Å². The molecule has 0 saturated carbocycles. The van der Waals surface area contributed by atoms with Gasteiger partial charge in [0.1, 0.15) is 5.69 Å². The van der Waals surface area contributed by atoms with E-state index in [4.69, 9.17) is 24.4 Å². The second-order valence-corrected chi connectivity index (χ2v) is 10.8. The highest BCUT2D eigenvalue weighted by Gasteiger charge is 2.37. The quantitative estimate of drug-likeness (QED) is 0.227. The summed E-state index contributed by atoms with van der Waals surface area (Å²) in [6, 6.07) is 34.1. The van der Waals surface area contributed by atoms with Gasteiger partial charge in [0.2, 0.25) is 0 Å². The van der Waals surface area contributed by atoms with E-state index in [1.54, 1.807) is 6.20 Å². The van der Waals surface area contributed by atoms with E-state index >= 15 is 0 Å². The van der Waals surface area contributed by atoms with Crippen LogP contribution < -0.4 is 9.47 Å². The first-order valence-corrected chi connectivity index (χ1v) is 13.6. The van der Waals surface area contributed by atoms with Crippen LogP contribution in [0.15, 0.2) is 109 Å². The van der Waals surface area contributed by atoms with Crippen molar-refractivity contribution in [2.45, 2.75) is 19.3 Å². The van der Waals surface area contributed by atoms with E-state index in [1.807, 2.05) is 66.7 Å². The molecule has 4 aromatic carbocycles. The van der Waals surface area contributed by atoms with Crippen molar-refractivity contribution in [1.82, 2.24) is 19.9 Å². The van der Waals surface area contributed by atoms with Crippen molar-refractivity contribution in [3.63, 3.8) is 0 Å². The van der Waals surface area contributed by atoms with Crippen LogP contribution in [0.2, 0.25) is 0 Å². The topological polar surface area (TPSA) is 70.0 Å². The Morgan fingerprint density at radius 1 is 0.512 bits per heavy atom. The lowest BCUT2D eigenvalue weighted by molar-refractivity contribution is 0.359. The minimum atomic E-state index is -0.116. The molecule has 0 atom stereocenters. The number of benzene rings is 4. The zero-order chi connectivity index (χ0) is 27.6. The Morgan fingerprint density at radius 3 is 2.02 bits per heavy atom. The molecule has 0 fully saturated rings. The fourth-order valence-electron chi connectivity index (χ4n) is 5.75. The molecule has 41 heavy (non-hydrogen) atoms. The van der Waals surface area contributed by atoms with Crippen molar-refractivity contribution in [3.05, 3.63) is 120 Å². The lowest BCUT2D eigenvalue weighted by Gasteiger charge is -2.25. The van der Waals surface area contributed by atoms with Gasteiger partial charge in [0.05, 0.1) is 0 Å². The Morgan fingerprint density at radius 2 is 1.20 bits per heavy atom. The average Bonchev–Trinajstić information content (AvgIpc) is 3.25. The van der Waals surface area contributed by atoms with E-state index in [0.29, 0.717) is 46.2 Å². The van der Waals surface area contributed by atoms with E-state index < -0.39 is 0 Å². The number of nitrogens with zero attached hydrogens (tertiary/aromatic N) is 4. The summed E-state index contributed by atoms with van der Waals surface area (Å²) in [6.45, 7) is 4.51. The van der Waals surface area contributed by atoms with E-state index in [9.17, 15) is 0 Å². The number of ether oxygens (including phenoxy) is 2. The summed E-state index contributed by atoms with van der Waals surface area (Å²) in [4.78, 5) is 18.8. The zero-order valence-electron chi connectivity index (χ0n) is 22.5. The summed E-state index contributed by atoms with van der Waals surface area (Å²) in [7, 11) is 0. The summed E-state index contributed by atoms with van der Waals surface area (Å²) >= 11 is 0. The summed E-state index contributed by atoms with van der Waals surface area (Å²) in [5.41, 5.74) is 7.21. The lowest BCUT2D eigenvalue weighted by atomic mass is 9.82. The van der Waals surface area contributed by atoms with Gasteiger partial charge in [-0.25, -0.2) is 15.0 Å². The van der Waals surface area contributed by atoms with Crippen molar-refractivity contribution in [3.8, 4) is 68.4 Å². The van der Waals surface area contributed by atoms with Crippen molar-refractivity contribution >= 4 is 0 Å². The van der Waals surface area contributed by atoms with E-state index in [1.165, 1.54) is 22.3 Å². The van der Waals surface area contributed by atoms with Crippen LogP contribution in [-0.4, -0.2) is 19.9 Å². The Labute approximate surface area is 237 Å². The third-order valence-electron chi connectivity index (χ3n) is 7.85. The van der Waals surface area contributed by atoms with Crippen LogP contribution in [0.4, 0.5) is 0 Å². The number of aromatic nitrogens is 4. The van der Waals surface area contributed by atoms with Crippen LogP contribution >= 0.6 is 0 Å². The van der Waals surface area contributed by atoms with Gasteiger partial charge < -0.3 is 9.47 Å². The third kappa shape index (κ3) is 3.79. The van der Waals surface area contributed by atoms with Crippen molar-refractivity contribution in [2.75, 3.05) is 0 Å². The second-order valence-electron chi connectivity index (χ2n) is 10.8. The monoisotopic (exact) mass is 532 g/mol. The molecule has 2 aliphatic rings. The van der Waals surface area contributed by atoms with E-state index in [2.05, 4.69) is 55.2 Å². The van der Waals surface area contributed by atoms with Gasteiger partial charge >= 0.3 is 0 Å². The number of pyridine rings is 1. The molecule has 0 N–H and O–H groups in total. The maximum Gasteiger partial charge on any atom is 0.182 e. The Bertz CT molecular complexity index is 1910. The largest absolute Gasteiger partial charge is 0.450 e. The molecule has 1 aliphatic carbocycles. The van der Waals surface area contributed by atoms with Crippen LogP contribution in [0.5, 0.6) is 23.0 Å². The van der Waals surface area contributed by atoms with Crippen LogP contribution in [0.1, 0.15) is 25.0 Å². The van der Waals surface area contributed by atoms with Crippen LogP contribution in [0, 0.1) is 0 Å². The molecular weight excluding hydrogens is 508 g/mol. The molecule has 0 unspecified atom stereocenters. The molecule has 0 spiro atoms. The summed E-state index contributed by atoms with van der Waals surface area (Å²) in [5, 5.41) is 0. The summed E-state index contributed by atoms with van der Waals surface area (Å²) in [5.74, 6) is 4.28. The number of rotatable bonds is 3. The first kappa shape index (κ1) is 23.5. The third-order valence-corrected chi connectivity index (χ3v) is 7.85. The van der Waals surface area contributed by atoms with Gasteiger partial charge in [0.25, 0.3) is 0 Å². The van der Waals surface area contributed by atoms with Crippen molar-refractivity contribution < 1.29 is 9.47 Å². The molecule has 6 heteroatoms. The Kier molecular flexibility index (Phi) is 5.06. The van der Waals surface area contributed by atoms with Crippen LogP contribution in [0.3, 0.4) is 0 Å². The van der Waals surface area contributed by atoms with Crippen LogP contribution in [0.25, 0.3) is 45.4 Å². The zero-order valence-corrected chi connectivity index (χ0v) is 22.5. The molecule has 0 saturated heterocycles. The minimum absolute atomic E-state index is 0.116. The second kappa shape index (κ2) is 8.83. The smallest absolute Gasteiger partial charge is 0.182 e. The van der Waals surface area contributed by atoms with Gasteiger partial charge in [-0.05, 0) is 64.7 Å². The Hall–Kier alpha value is -5.36. The molecule has 6 nitrogen and oxygen atoms in total. The molecule has 3 heterocycles. The fourth-order valence-corrected chi connectivity index (χ4v) is 5.75. The number of hydrogen-bond donors (Lipinski definition) is 0. The standard InChI is InChI=1S/C35H24N4O2/c1-35(2)25-13-7-6-12-23(25)24-19-30-31(20-26(24)35)40-28-16-15-22(18-29(28)41-30)33-37-32(21-10-4-3-5-11-21)38-34(39-33)27-14-8-9-17-36-27/h3-20H,1-2H3. The maximum atomic E-state index is 6.47. The molecule has 6 aromatic rings. The van der Waals surface area contributed by atoms with Crippen molar-refractivity contribution in [1.29, 1.82) is 0 Å². The molecule has 196 valence electrons. The predicted octanol–water partition coefficient (Wildman–Crippen LogP) is 8.47. The molecule has 0 bridgehead atoms. The molecular formula is C35H24N4O2. The van der Waals surface area contributed by atoms with Gasteiger partial charge in [-0.1, -0.05) is 74.5 Å². The van der Waals surface area contributed by atoms with Crippen molar-refractivity contribution in [2.24, 2.45) is 0 Å². The van der Waals surface area contributed by atoms with E-state index in [-0.39, 0.29) is 5.41 Å². The molecule has 8 rings (SSSR count). The fraction of sp³-hybridized carbons (Fsp3) is 0.0857.